The first-order valence-electron chi connectivity index (χ1n) is 10.3. The third kappa shape index (κ3) is 7.76. The van der Waals surface area contributed by atoms with Crippen molar-refractivity contribution in [2.75, 3.05) is 11.0 Å². The summed E-state index contributed by atoms with van der Waals surface area (Å²) in [6, 6.07) is 27.2. The third-order valence-electron chi connectivity index (χ3n) is 4.47. The Balaban J connectivity index is 0.000000237. The van der Waals surface area contributed by atoms with E-state index in [0.717, 1.165) is 18.4 Å². The maximum absolute atomic E-state index is 11.9. The highest BCUT2D eigenvalue weighted by Crippen LogP contribution is 2.25. The zero-order chi connectivity index (χ0) is 25.3. The highest BCUT2D eigenvalue weighted by molar-refractivity contribution is 7.92. The minimum atomic E-state index is -3.62. The summed E-state index contributed by atoms with van der Waals surface area (Å²) in [6.45, 7) is 0. The molecule has 0 saturated heterocycles. The highest BCUT2D eigenvalue weighted by atomic mass is 32.2. The van der Waals surface area contributed by atoms with E-state index in [0.29, 0.717) is 0 Å². The van der Waals surface area contributed by atoms with E-state index in [1.54, 1.807) is 0 Å². The van der Waals surface area contributed by atoms with Crippen molar-refractivity contribution in [1.29, 1.82) is 0 Å². The van der Waals surface area contributed by atoms with Gasteiger partial charge < -0.3 is 9.52 Å². The van der Waals surface area contributed by atoms with Gasteiger partial charge in [0, 0.05) is 5.56 Å². The molecule has 4 N–H and O–H groups in total. The summed E-state index contributed by atoms with van der Waals surface area (Å²) in [6.07, 6.45) is 2.21. The molecule has 9 nitrogen and oxygen atoms in total. The first kappa shape index (κ1) is 25.1. The molecular formula is C25H23N3O6S. The van der Waals surface area contributed by atoms with Crippen molar-refractivity contribution in [3.63, 3.8) is 0 Å². The summed E-state index contributed by atoms with van der Waals surface area (Å²) in [7, 11) is -3.62. The predicted octanol–water partition coefficient (Wildman–Crippen LogP) is 3.79. The van der Waals surface area contributed by atoms with Gasteiger partial charge >= 0.3 is 5.91 Å². The smallest absolute Gasteiger partial charge is 0.305 e. The molecule has 1 heterocycles. The van der Waals surface area contributed by atoms with E-state index in [1.165, 1.54) is 35.6 Å². The highest BCUT2D eigenvalue weighted by Gasteiger charge is 2.14. The standard InChI is InChI=1S/C13H13N3O6S.C12H10/c1-23(20,21)16-9-7-8(4-5-10(9)17)12(18)14-15-13(19)11-3-2-6-22-11;1-3-7-11(8-4-1)12-9-5-2-6-10-12/h2-7,16-17H,1H3,(H,14,18)(H,15,19);1-10H. The molecule has 4 rings (SSSR count). The van der Waals surface area contributed by atoms with Crippen molar-refractivity contribution in [1.82, 2.24) is 10.9 Å². The topological polar surface area (TPSA) is 138 Å². The van der Waals surface area contributed by atoms with E-state index in [2.05, 4.69) is 64.1 Å². The summed E-state index contributed by atoms with van der Waals surface area (Å²) in [4.78, 5) is 23.5. The number of hydrogen-bond acceptors (Lipinski definition) is 6. The van der Waals surface area contributed by atoms with Gasteiger partial charge in [0.15, 0.2) is 5.76 Å². The van der Waals surface area contributed by atoms with Gasteiger partial charge in [0.1, 0.15) is 5.75 Å². The molecular weight excluding hydrogens is 470 g/mol. The quantitative estimate of drug-likeness (QED) is 0.247. The Morgan fingerprint density at radius 3 is 1.86 bits per heavy atom. The Morgan fingerprint density at radius 1 is 0.771 bits per heavy atom. The summed E-state index contributed by atoms with van der Waals surface area (Å²) in [5.41, 5.74) is 6.69. The molecule has 4 aromatic rings. The normalized spacial score (nSPS) is 10.4. The number of phenols is 1. The van der Waals surface area contributed by atoms with E-state index in [-0.39, 0.29) is 22.8 Å². The molecule has 0 fully saturated rings. The fourth-order valence-corrected chi connectivity index (χ4v) is 3.44. The Labute approximate surface area is 202 Å². The number of furan rings is 1. The number of phenolic OH excluding ortho intramolecular Hbond substituents is 1. The molecule has 10 heteroatoms. The van der Waals surface area contributed by atoms with Gasteiger partial charge in [-0.3, -0.25) is 25.2 Å². The van der Waals surface area contributed by atoms with E-state index in [4.69, 9.17) is 4.42 Å². The molecule has 35 heavy (non-hydrogen) atoms. The molecule has 0 bridgehead atoms. The Bertz CT molecular complexity index is 1340. The number of sulfonamides is 1. The molecule has 3 aromatic carbocycles. The number of aromatic hydroxyl groups is 1. The lowest BCUT2D eigenvalue weighted by molar-refractivity contribution is 0.0831. The van der Waals surface area contributed by atoms with Crippen LogP contribution in [0.1, 0.15) is 20.9 Å². The van der Waals surface area contributed by atoms with Crippen molar-refractivity contribution in [2.24, 2.45) is 0 Å². The van der Waals surface area contributed by atoms with Crippen LogP contribution in [0.2, 0.25) is 0 Å². The first-order valence-corrected chi connectivity index (χ1v) is 12.2. The average Bonchev–Trinajstić information content (AvgIpc) is 3.40. The number of rotatable bonds is 5. The van der Waals surface area contributed by atoms with Gasteiger partial charge in [-0.2, -0.15) is 0 Å². The van der Waals surface area contributed by atoms with Crippen LogP contribution in [0.5, 0.6) is 5.75 Å². The number of anilines is 1. The van der Waals surface area contributed by atoms with Crippen molar-refractivity contribution >= 4 is 27.5 Å². The van der Waals surface area contributed by atoms with E-state index >= 15 is 0 Å². The zero-order valence-corrected chi connectivity index (χ0v) is 19.5. The average molecular weight is 494 g/mol. The SMILES string of the molecule is CS(=O)(=O)Nc1cc(C(=O)NNC(=O)c2ccco2)ccc1O.c1ccc(-c2ccccc2)cc1. The molecule has 2 amide bonds. The van der Waals surface area contributed by atoms with Gasteiger partial charge in [-0.05, 0) is 41.5 Å². The minimum absolute atomic E-state index is 0.00966. The molecule has 0 atom stereocenters. The molecule has 0 saturated carbocycles. The number of carbonyl (C=O) groups excluding carboxylic acids is 2. The lowest BCUT2D eigenvalue weighted by Gasteiger charge is -2.10. The Kier molecular flexibility index (Phi) is 8.25. The molecule has 0 aliphatic rings. The fraction of sp³-hybridized carbons (Fsp3) is 0.0400. The van der Waals surface area contributed by atoms with E-state index in [1.807, 2.05) is 12.1 Å². The van der Waals surface area contributed by atoms with Crippen LogP contribution < -0.4 is 15.6 Å². The van der Waals surface area contributed by atoms with E-state index < -0.39 is 21.8 Å². The molecule has 1 aromatic heterocycles. The number of benzene rings is 3. The number of hydrazine groups is 1. The largest absolute Gasteiger partial charge is 0.506 e. The van der Waals surface area contributed by atoms with Gasteiger partial charge in [0.05, 0.1) is 18.2 Å². The number of amides is 2. The summed E-state index contributed by atoms with van der Waals surface area (Å²) >= 11 is 0. The lowest BCUT2D eigenvalue weighted by atomic mass is 10.1. The van der Waals surface area contributed by atoms with Gasteiger partial charge in [-0.25, -0.2) is 8.42 Å². The van der Waals surface area contributed by atoms with Crippen LogP contribution in [0, 0.1) is 0 Å². The molecule has 0 spiro atoms. The number of hydrogen-bond donors (Lipinski definition) is 4. The van der Waals surface area contributed by atoms with Crippen LogP contribution in [0.3, 0.4) is 0 Å². The number of nitrogens with one attached hydrogen (secondary N) is 3. The van der Waals surface area contributed by atoms with Crippen molar-refractivity contribution in [3.8, 4) is 16.9 Å². The summed E-state index contributed by atoms with van der Waals surface area (Å²) in [5, 5.41) is 9.58. The predicted molar refractivity (Wildman–Crippen MR) is 132 cm³/mol. The van der Waals surface area contributed by atoms with Crippen LogP contribution in [-0.4, -0.2) is 31.6 Å². The monoisotopic (exact) mass is 493 g/mol. The van der Waals surface area contributed by atoms with Crippen molar-refractivity contribution in [2.45, 2.75) is 0 Å². The molecule has 180 valence electrons. The minimum Gasteiger partial charge on any atom is -0.506 e. The first-order chi connectivity index (χ1) is 16.7. The van der Waals surface area contributed by atoms with Crippen LogP contribution in [0.25, 0.3) is 11.1 Å². The molecule has 0 radical (unpaired) electrons. The second-order valence-corrected chi connectivity index (χ2v) is 8.97. The fourth-order valence-electron chi connectivity index (χ4n) is 2.88. The summed E-state index contributed by atoms with van der Waals surface area (Å²) in [5.74, 6) is -1.69. The van der Waals surface area contributed by atoms with Crippen LogP contribution in [0.15, 0.2) is 102 Å². The maximum atomic E-state index is 11.9. The van der Waals surface area contributed by atoms with Crippen LogP contribution in [0.4, 0.5) is 5.69 Å². The zero-order valence-electron chi connectivity index (χ0n) is 18.6. The molecule has 0 aliphatic heterocycles. The van der Waals surface area contributed by atoms with Crippen molar-refractivity contribution in [3.05, 3.63) is 109 Å². The second-order valence-electron chi connectivity index (χ2n) is 7.22. The van der Waals surface area contributed by atoms with Crippen LogP contribution in [-0.2, 0) is 10.0 Å². The second kappa shape index (κ2) is 11.5. The Morgan fingerprint density at radius 2 is 1.34 bits per heavy atom. The Hall–Kier alpha value is -4.57. The molecule has 0 unspecified atom stereocenters. The number of carbonyl (C=O) groups is 2. The van der Waals surface area contributed by atoms with Gasteiger partial charge in [-0.15, -0.1) is 0 Å². The molecule has 0 aliphatic carbocycles. The van der Waals surface area contributed by atoms with Gasteiger partial charge in [-0.1, -0.05) is 60.7 Å². The van der Waals surface area contributed by atoms with Crippen molar-refractivity contribution < 1.29 is 27.5 Å². The lowest BCUT2D eigenvalue weighted by Crippen LogP contribution is -2.41. The van der Waals surface area contributed by atoms with E-state index in [9.17, 15) is 23.1 Å². The maximum Gasteiger partial charge on any atom is 0.305 e. The van der Waals surface area contributed by atoms with Crippen LogP contribution >= 0.6 is 0 Å². The summed E-state index contributed by atoms with van der Waals surface area (Å²) < 4.78 is 29.3. The van der Waals surface area contributed by atoms with Gasteiger partial charge in [0.2, 0.25) is 10.0 Å². The van der Waals surface area contributed by atoms with Gasteiger partial charge in [0.25, 0.3) is 5.91 Å². The third-order valence-corrected chi connectivity index (χ3v) is 5.06.